The summed E-state index contributed by atoms with van der Waals surface area (Å²) in [4.78, 5) is 23.9. The predicted molar refractivity (Wildman–Crippen MR) is 124 cm³/mol. The minimum Gasteiger partial charge on any atom is -0.490 e. The van der Waals surface area contributed by atoms with Crippen LogP contribution in [0.2, 0.25) is 0 Å². The second kappa shape index (κ2) is 13.6. The Kier molecular flexibility index (Phi) is 11.2. The van der Waals surface area contributed by atoms with Crippen molar-refractivity contribution in [2.24, 2.45) is 11.8 Å². The number of nitrogens with one attached hydrogen (secondary N) is 2. The summed E-state index contributed by atoms with van der Waals surface area (Å²) >= 11 is 1.67. The van der Waals surface area contributed by atoms with Gasteiger partial charge in [-0.05, 0) is 55.2 Å². The van der Waals surface area contributed by atoms with Crippen molar-refractivity contribution in [1.29, 1.82) is 0 Å². The van der Waals surface area contributed by atoms with E-state index in [2.05, 4.69) is 23.9 Å². The number of hydrogen-bond donors (Lipinski definition) is 2. The second-order valence-electron chi connectivity index (χ2n) is 8.36. The highest BCUT2D eigenvalue weighted by Crippen LogP contribution is 2.32. The Labute approximate surface area is 189 Å². The van der Waals surface area contributed by atoms with Gasteiger partial charge in [-0.25, -0.2) is 9.18 Å². The Morgan fingerprint density at radius 3 is 2.74 bits per heavy atom. The fourth-order valence-electron chi connectivity index (χ4n) is 3.23. The summed E-state index contributed by atoms with van der Waals surface area (Å²) in [5, 5.41) is 2.55. The van der Waals surface area contributed by atoms with Gasteiger partial charge in [-0.1, -0.05) is 38.3 Å². The van der Waals surface area contributed by atoms with Crippen molar-refractivity contribution in [3.63, 3.8) is 0 Å². The van der Waals surface area contributed by atoms with Crippen LogP contribution in [0.4, 0.5) is 9.18 Å². The molecule has 6 nitrogen and oxygen atoms in total. The lowest BCUT2D eigenvalue weighted by Gasteiger charge is -2.23. The van der Waals surface area contributed by atoms with E-state index in [9.17, 15) is 14.0 Å². The number of unbranched alkanes of at least 4 members (excludes halogenated alkanes) is 2. The fraction of sp³-hybridized carbons (Fsp3) is 0.652. The lowest BCUT2D eigenvalue weighted by Crippen LogP contribution is -2.39. The van der Waals surface area contributed by atoms with Crippen LogP contribution in [0.15, 0.2) is 18.2 Å². The van der Waals surface area contributed by atoms with Gasteiger partial charge in [0, 0.05) is 25.4 Å². The van der Waals surface area contributed by atoms with Crippen LogP contribution < -0.4 is 14.8 Å². The van der Waals surface area contributed by atoms with Gasteiger partial charge in [0.2, 0.25) is 0 Å². The Balaban J connectivity index is 1.74. The Morgan fingerprint density at radius 2 is 2.10 bits per heavy atom. The van der Waals surface area contributed by atoms with Gasteiger partial charge in [-0.15, -0.1) is 0 Å². The summed E-state index contributed by atoms with van der Waals surface area (Å²) in [5.41, 5.74) is 1.03. The van der Waals surface area contributed by atoms with Crippen LogP contribution in [0, 0.1) is 17.7 Å². The fourth-order valence-corrected chi connectivity index (χ4v) is 4.29. The molecule has 31 heavy (non-hydrogen) atoms. The molecule has 0 aliphatic heterocycles. The zero-order chi connectivity index (χ0) is 22.6. The molecule has 0 radical (unpaired) electrons. The maximum Gasteiger partial charge on any atom is 0.317 e. The lowest BCUT2D eigenvalue weighted by molar-refractivity contribution is -0.108. The van der Waals surface area contributed by atoms with Gasteiger partial charge in [0.1, 0.15) is 6.29 Å². The van der Waals surface area contributed by atoms with Crippen molar-refractivity contribution >= 4 is 24.3 Å². The smallest absolute Gasteiger partial charge is 0.317 e. The number of ether oxygens (including phenoxy) is 1. The molecule has 1 aliphatic carbocycles. The van der Waals surface area contributed by atoms with Crippen LogP contribution >= 0.6 is 11.9 Å². The van der Waals surface area contributed by atoms with E-state index >= 15 is 0 Å². The van der Waals surface area contributed by atoms with E-state index in [-0.39, 0.29) is 24.4 Å². The number of carbonyl (C=O) groups is 2. The Bertz CT molecular complexity index is 701. The number of urea groups is 1. The van der Waals surface area contributed by atoms with Crippen LogP contribution in [0.3, 0.4) is 0 Å². The molecule has 0 bridgehead atoms. The number of hydrogen-bond acceptors (Lipinski definition) is 5. The number of nitrogens with zero attached hydrogens (tertiary/aromatic N) is 1. The first-order chi connectivity index (χ1) is 15.0. The molecule has 174 valence electrons. The zero-order valence-electron chi connectivity index (χ0n) is 18.9. The van der Waals surface area contributed by atoms with Crippen molar-refractivity contribution < 1.29 is 18.7 Å². The second-order valence-corrected chi connectivity index (χ2v) is 9.29. The van der Waals surface area contributed by atoms with Gasteiger partial charge < -0.3 is 19.7 Å². The lowest BCUT2D eigenvalue weighted by atomic mass is 9.97. The molecule has 2 amide bonds. The highest BCUT2D eigenvalue weighted by molar-refractivity contribution is 7.97. The minimum atomic E-state index is -0.306. The van der Waals surface area contributed by atoms with Crippen LogP contribution in [0.25, 0.3) is 0 Å². The molecule has 0 spiro atoms. The molecule has 0 heterocycles. The average Bonchev–Trinajstić information content (AvgIpc) is 3.58. The summed E-state index contributed by atoms with van der Waals surface area (Å²) in [6.07, 6.45) is 5.94. The van der Waals surface area contributed by atoms with Crippen LogP contribution in [-0.2, 0) is 4.79 Å². The molecular formula is C23H36FN3O3S. The SMILES string of the molecule is CNC(=O)N(CC=O)CCCCCSNC(c1ccc(F)c(OCC2CC2)c1)C(C)C. The Hall–Kier alpha value is -1.80. The molecule has 1 aromatic carbocycles. The molecule has 2 rings (SSSR count). The van der Waals surface area contributed by atoms with Gasteiger partial charge in [-0.2, -0.15) is 0 Å². The molecule has 1 unspecified atom stereocenters. The minimum absolute atomic E-state index is 0.102. The van der Waals surface area contributed by atoms with E-state index in [0.29, 0.717) is 30.7 Å². The molecule has 1 saturated carbocycles. The topological polar surface area (TPSA) is 70.7 Å². The van der Waals surface area contributed by atoms with Crippen molar-refractivity contribution in [3.05, 3.63) is 29.6 Å². The van der Waals surface area contributed by atoms with Crippen LogP contribution in [0.1, 0.15) is 57.6 Å². The van der Waals surface area contributed by atoms with Crippen LogP contribution in [-0.4, -0.2) is 49.7 Å². The van der Waals surface area contributed by atoms with E-state index in [1.54, 1.807) is 19.0 Å². The highest BCUT2D eigenvalue weighted by atomic mass is 32.2. The van der Waals surface area contributed by atoms with Gasteiger partial charge in [-0.3, -0.25) is 4.72 Å². The molecule has 0 saturated heterocycles. The third kappa shape index (κ3) is 9.07. The molecular weight excluding hydrogens is 417 g/mol. The predicted octanol–water partition coefficient (Wildman–Crippen LogP) is 4.56. The summed E-state index contributed by atoms with van der Waals surface area (Å²) in [5.74, 6) is 1.90. The zero-order valence-corrected chi connectivity index (χ0v) is 19.7. The van der Waals surface area contributed by atoms with Crippen molar-refractivity contribution in [3.8, 4) is 5.75 Å². The highest BCUT2D eigenvalue weighted by Gasteiger charge is 2.23. The summed E-state index contributed by atoms with van der Waals surface area (Å²) in [6.45, 7) is 5.58. The first-order valence-electron chi connectivity index (χ1n) is 11.2. The number of amides is 2. The van der Waals surface area contributed by atoms with Gasteiger partial charge >= 0.3 is 6.03 Å². The normalized spacial score (nSPS) is 14.4. The number of carbonyl (C=O) groups excluding carboxylic acids is 2. The van der Waals surface area contributed by atoms with E-state index in [1.165, 1.54) is 23.8 Å². The summed E-state index contributed by atoms with van der Waals surface area (Å²) < 4.78 is 23.3. The number of aldehydes is 1. The average molecular weight is 454 g/mol. The number of halogens is 1. The van der Waals surface area contributed by atoms with Crippen molar-refractivity contribution in [1.82, 2.24) is 14.9 Å². The molecule has 1 aliphatic rings. The molecule has 1 aromatic rings. The van der Waals surface area contributed by atoms with E-state index in [1.807, 2.05) is 12.1 Å². The summed E-state index contributed by atoms with van der Waals surface area (Å²) in [7, 11) is 1.57. The maximum atomic E-state index is 14.1. The monoisotopic (exact) mass is 453 g/mol. The van der Waals surface area contributed by atoms with E-state index in [0.717, 1.165) is 36.9 Å². The maximum absolute atomic E-state index is 14.1. The quantitative estimate of drug-likeness (QED) is 0.231. The molecule has 1 fully saturated rings. The first-order valence-corrected chi connectivity index (χ1v) is 12.1. The largest absolute Gasteiger partial charge is 0.490 e. The van der Waals surface area contributed by atoms with Crippen molar-refractivity contribution in [2.45, 2.75) is 52.0 Å². The third-order valence-electron chi connectivity index (χ3n) is 5.33. The van der Waals surface area contributed by atoms with Crippen LogP contribution in [0.5, 0.6) is 5.75 Å². The first kappa shape index (κ1) is 25.5. The van der Waals surface area contributed by atoms with Gasteiger partial charge in [0.25, 0.3) is 0 Å². The standard InChI is InChI=1S/C23H36FN3O3S/c1-17(2)22(19-9-10-20(24)21(15-19)30-16-18-7-8-18)26-31-14-6-4-5-11-27(12-13-28)23(29)25-3/h9-10,13,15,17-18,22,26H,4-8,11-12,14,16H2,1-3H3,(H,25,29). The van der Waals surface area contributed by atoms with E-state index < -0.39 is 0 Å². The van der Waals surface area contributed by atoms with E-state index in [4.69, 9.17) is 4.74 Å². The molecule has 2 N–H and O–H groups in total. The molecule has 0 aromatic heterocycles. The summed E-state index contributed by atoms with van der Waals surface area (Å²) in [6, 6.07) is 5.04. The number of rotatable bonds is 15. The Morgan fingerprint density at radius 1 is 1.32 bits per heavy atom. The van der Waals surface area contributed by atoms with Gasteiger partial charge in [0.15, 0.2) is 11.6 Å². The molecule has 8 heteroatoms. The molecule has 1 atom stereocenters. The third-order valence-corrected chi connectivity index (χ3v) is 6.25. The van der Waals surface area contributed by atoms with Crippen molar-refractivity contribution in [2.75, 3.05) is 32.5 Å². The number of benzene rings is 1. The van der Waals surface area contributed by atoms with Gasteiger partial charge in [0.05, 0.1) is 13.2 Å².